The molecule has 7 heteroatoms. The first-order valence-electron chi connectivity index (χ1n) is 6.66. The summed E-state index contributed by atoms with van der Waals surface area (Å²) in [5.41, 5.74) is 3.12. The number of methoxy groups -OCH3 is 1. The molecule has 0 heterocycles. The topological polar surface area (TPSA) is 100 Å². The van der Waals surface area contributed by atoms with Crippen LogP contribution in [0, 0.1) is 0 Å². The van der Waals surface area contributed by atoms with Gasteiger partial charge in [-0.25, -0.2) is 5.43 Å². The molecule has 2 rings (SSSR count). The van der Waals surface area contributed by atoms with Crippen LogP contribution in [0.3, 0.4) is 0 Å². The van der Waals surface area contributed by atoms with Gasteiger partial charge in [0.15, 0.2) is 0 Å². The van der Waals surface area contributed by atoms with Crippen molar-refractivity contribution in [2.45, 2.75) is 0 Å². The molecule has 0 spiro atoms. The summed E-state index contributed by atoms with van der Waals surface area (Å²) in [5, 5.41) is 15.4. The molecule has 7 nitrogen and oxygen atoms in total. The van der Waals surface area contributed by atoms with E-state index in [9.17, 15) is 14.7 Å². The summed E-state index contributed by atoms with van der Waals surface area (Å²) in [6, 6.07) is 12.9. The van der Waals surface area contributed by atoms with Crippen LogP contribution in [0.1, 0.15) is 5.56 Å². The largest absolute Gasteiger partial charge is 0.508 e. The summed E-state index contributed by atoms with van der Waals surface area (Å²) in [5.74, 6) is -1.13. The Morgan fingerprint density at radius 1 is 1.13 bits per heavy atom. The summed E-state index contributed by atoms with van der Waals surface area (Å²) >= 11 is 0. The molecule has 3 N–H and O–H groups in total. The zero-order valence-electron chi connectivity index (χ0n) is 12.3. The minimum Gasteiger partial charge on any atom is -0.508 e. The second-order valence-electron chi connectivity index (χ2n) is 4.48. The Bertz CT molecular complexity index is 744. The Morgan fingerprint density at radius 3 is 2.65 bits per heavy atom. The van der Waals surface area contributed by atoms with Crippen LogP contribution in [0.5, 0.6) is 11.5 Å². The fourth-order valence-electron chi connectivity index (χ4n) is 1.71. The third kappa shape index (κ3) is 4.85. The number of rotatable bonds is 4. The summed E-state index contributed by atoms with van der Waals surface area (Å²) < 4.78 is 5.02. The molecule has 0 unspecified atom stereocenters. The predicted molar refractivity (Wildman–Crippen MR) is 85.5 cm³/mol. The lowest BCUT2D eigenvalue weighted by molar-refractivity contribution is -0.136. The quantitative estimate of drug-likeness (QED) is 0.452. The van der Waals surface area contributed by atoms with Crippen LogP contribution in [0.25, 0.3) is 0 Å². The van der Waals surface area contributed by atoms with E-state index >= 15 is 0 Å². The van der Waals surface area contributed by atoms with Gasteiger partial charge in [0, 0.05) is 11.8 Å². The molecule has 0 atom stereocenters. The molecule has 118 valence electrons. The molecule has 0 aliphatic rings. The number of hydrogen-bond donors (Lipinski definition) is 3. The molecule has 0 aliphatic heterocycles. The van der Waals surface area contributed by atoms with E-state index in [0.29, 0.717) is 17.0 Å². The predicted octanol–water partition coefficient (Wildman–Crippen LogP) is 1.49. The lowest BCUT2D eigenvalue weighted by Gasteiger charge is -2.05. The van der Waals surface area contributed by atoms with Gasteiger partial charge in [0.1, 0.15) is 11.5 Å². The normalized spacial score (nSPS) is 10.3. The maximum absolute atomic E-state index is 11.7. The van der Waals surface area contributed by atoms with E-state index in [0.717, 1.165) is 0 Å². The summed E-state index contributed by atoms with van der Waals surface area (Å²) in [6.07, 6.45) is 1.32. The Kier molecular flexibility index (Phi) is 5.30. The number of aromatic hydroxyl groups is 1. The van der Waals surface area contributed by atoms with Crippen molar-refractivity contribution in [3.63, 3.8) is 0 Å². The number of hydrazone groups is 1. The van der Waals surface area contributed by atoms with Gasteiger partial charge in [-0.2, -0.15) is 5.10 Å². The van der Waals surface area contributed by atoms with Gasteiger partial charge in [-0.15, -0.1) is 0 Å². The van der Waals surface area contributed by atoms with Crippen LogP contribution in [0.15, 0.2) is 53.6 Å². The highest BCUT2D eigenvalue weighted by Gasteiger charge is 2.13. The van der Waals surface area contributed by atoms with E-state index < -0.39 is 11.8 Å². The second kappa shape index (κ2) is 7.60. The number of phenolic OH excluding ortho intramolecular Hbond substituents is 1. The SMILES string of the molecule is COc1cccc(NC(=O)C(=O)N/N=C/c2cccc(O)c2)c1. The fraction of sp³-hybridized carbons (Fsp3) is 0.0625. The van der Waals surface area contributed by atoms with Gasteiger partial charge in [-0.05, 0) is 29.8 Å². The molecule has 2 aromatic carbocycles. The fourth-order valence-corrected chi connectivity index (χ4v) is 1.71. The van der Waals surface area contributed by atoms with Gasteiger partial charge in [-0.3, -0.25) is 9.59 Å². The lowest BCUT2D eigenvalue weighted by Crippen LogP contribution is -2.32. The van der Waals surface area contributed by atoms with Crippen molar-refractivity contribution in [2.75, 3.05) is 12.4 Å². The van der Waals surface area contributed by atoms with Crippen LogP contribution in [-0.4, -0.2) is 30.2 Å². The second-order valence-corrected chi connectivity index (χ2v) is 4.48. The summed E-state index contributed by atoms with van der Waals surface area (Å²) in [6.45, 7) is 0. The molecule has 2 aromatic rings. The number of nitrogens with one attached hydrogen (secondary N) is 2. The summed E-state index contributed by atoms with van der Waals surface area (Å²) in [4.78, 5) is 23.4. The van der Waals surface area contributed by atoms with E-state index in [1.54, 1.807) is 36.4 Å². The van der Waals surface area contributed by atoms with E-state index in [4.69, 9.17) is 4.74 Å². The maximum atomic E-state index is 11.7. The van der Waals surface area contributed by atoms with Crippen molar-refractivity contribution in [3.8, 4) is 11.5 Å². The van der Waals surface area contributed by atoms with Crippen molar-refractivity contribution in [3.05, 3.63) is 54.1 Å². The number of hydrogen-bond acceptors (Lipinski definition) is 5. The third-order valence-electron chi connectivity index (χ3n) is 2.78. The van der Waals surface area contributed by atoms with E-state index in [2.05, 4.69) is 15.8 Å². The van der Waals surface area contributed by atoms with Crippen LogP contribution in [-0.2, 0) is 9.59 Å². The molecule has 0 aliphatic carbocycles. The van der Waals surface area contributed by atoms with Crippen LogP contribution in [0.4, 0.5) is 5.69 Å². The molecule has 0 aromatic heterocycles. The molecule has 0 fully saturated rings. The average molecular weight is 313 g/mol. The Morgan fingerprint density at radius 2 is 1.91 bits per heavy atom. The zero-order valence-corrected chi connectivity index (χ0v) is 12.3. The first-order valence-corrected chi connectivity index (χ1v) is 6.66. The van der Waals surface area contributed by atoms with E-state index in [1.807, 2.05) is 0 Å². The Labute approximate surface area is 132 Å². The standard InChI is InChI=1S/C16H15N3O4/c1-23-14-7-3-5-12(9-14)18-15(21)16(22)19-17-10-11-4-2-6-13(20)8-11/h2-10,20H,1H3,(H,18,21)(H,19,22)/b17-10+. The molecular weight excluding hydrogens is 298 g/mol. The monoisotopic (exact) mass is 313 g/mol. The van der Waals surface area contributed by atoms with Crippen molar-refractivity contribution < 1.29 is 19.4 Å². The number of amides is 2. The number of anilines is 1. The lowest BCUT2D eigenvalue weighted by atomic mass is 10.2. The van der Waals surface area contributed by atoms with Crippen molar-refractivity contribution in [1.82, 2.24) is 5.43 Å². The maximum Gasteiger partial charge on any atom is 0.329 e. The van der Waals surface area contributed by atoms with Crippen LogP contribution >= 0.6 is 0 Å². The molecule has 0 saturated heterocycles. The van der Waals surface area contributed by atoms with Gasteiger partial charge in [0.25, 0.3) is 0 Å². The van der Waals surface area contributed by atoms with Gasteiger partial charge >= 0.3 is 11.8 Å². The number of nitrogens with zero attached hydrogens (tertiary/aromatic N) is 1. The molecule has 0 radical (unpaired) electrons. The molecule has 0 bridgehead atoms. The molecule has 2 amide bonds. The number of benzene rings is 2. The third-order valence-corrected chi connectivity index (χ3v) is 2.78. The van der Waals surface area contributed by atoms with Gasteiger partial charge < -0.3 is 15.2 Å². The summed E-state index contributed by atoms with van der Waals surface area (Å²) in [7, 11) is 1.50. The van der Waals surface area contributed by atoms with Gasteiger partial charge in [0.2, 0.25) is 0 Å². The minimum absolute atomic E-state index is 0.0797. The number of ether oxygens (including phenoxy) is 1. The smallest absolute Gasteiger partial charge is 0.329 e. The highest BCUT2D eigenvalue weighted by Crippen LogP contribution is 2.16. The van der Waals surface area contributed by atoms with Crippen LogP contribution < -0.4 is 15.5 Å². The Hall–Kier alpha value is -3.35. The number of carbonyl (C=O) groups excluding carboxylic acids is 2. The minimum atomic E-state index is -0.913. The Balaban J connectivity index is 1.91. The number of carbonyl (C=O) groups is 2. The van der Waals surface area contributed by atoms with E-state index in [1.165, 1.54) is 25.5 Å². The molecular formula is C16H15N3O4. The molecule has 23 heavy (non-hydrogen) atoms. The first kappa shape index (κ1) is 16.0. The van der Waals surface area contributed by atoms with Crippen LogP contribution in [0.2, 0.25) is 0 Å². The first-order chi connectivity index (χ1) is 11.1. The van der Waals surface area contributed by atoms with E-state index in [-0.39, 0.29) is 5.75 Å². The highest BCUT2D eigenvalue weighted by atomic mass is 16.5. The zero-order chi connectivity index (χ0) is 16.7. The molecule has 0 saturated carbocycles. The van der Waals surface area contributed by atoms with Crippen molar-refractivity contribution in [2.24, 2.45) is 5.10 Å². The van der Waals surface area contributed by atoms with Gasteiger partial charge in [-0.1, -0.05) is 18.2 Å². The van der Waals surface area contributed by atoms with Gasteiger partial charge in [0.05, 0.1) is 13.3 Å². The average Bonchev–Trinajstić information content (AvgIpc) is 2.55. The van der Waals surface area contributed by atoms with Crippen molar-refractivity contribution in [1.29, 1.82) is 0 Å². The highest BCUT2D eigenvalue weighted by molar-refractivity contribution is 6.39. The number of phenols is 1. The van der Waals surface area contributed by atoms with Crippen molar-refractivity contribution >= 4 is 23.7 Å².